The highest BCUT2D eigenvalue weighted by Crippen LogP contribution is 2.31. The number of rotatable bonds is 2. The van der Waals surface area contributed by atoms with E-state index in [2.05, 4.69) is 19.8 Å². The van der Waals surface area contributed by atoms with Crippen LogP contribution >= 0.6 is 22.2 Å². The van der Waals surface area contributed by atoms with Gasteiger partial charge < -0.3 is 0 Å². The zero-order valence-electron chi connectivity index (χ0n) is 10.7. The van der Waals surface area contributed by atoms with Crippen molar-refractivity contribution in [2.24, 2.45) is 0 Å². The minimum atomic E-state index is -3.97. The summed E-state index contributed by atoms with van der Waals surface area (Å²) in [6, 6.07) is 0. The molecule has 0 fully saturated rings. The Kier molecular flexibility index (Phi) is 3.40. The van der Waals surface area contributed by atoms with Gasteiger partial charge >= 0.3 is 0 Å². The lowest BCUT2D eigenvalue weighted by atomic mass is 10.1. The molecule has 2 aromatic rings. The van der Waals surface area contributed by atoms with Gasteiger partial charge in [0.05, 0.1) is 5.69 Å². The van der Waals surface area contributed by atoms with Crippen molar-refractivity contribution in [2.75, 3.05) is 0 Å². The third-order valence-corrected chi connectivity index (χ3v) is 4.32. The van der Waals surface area contributed by atoms with Crippen LogP contribution in [-0.2, 0) is 14.6 Å². The predicted octanol–water partition coefficient (Wildman–Crippen LogP) is 1.79. The fourth-order valence-corrected chi connectivity index (χ4v) is 3.26. The zero-order chi connectivity index (χ0) is 14.4. The van der Waals surface area contributed by atoms with Crippen LogP contribution in [0.25, 0.3) is 10.7 Å². The van der Waals surface area contributed by atoms with Crippen molar-refractivity contribution in [3.8, 4) is 10.7 Å². The highest BCUT2D eigenvalue weighted by atomic mass is 35.7. The number of halogens is 1. The maximum absolute atomic E-state index is 11.6. The van der Waals surface area contributed by atoms with Crippen LogP contribution < -0.4 is 0 Å². The Labute approximate surface area is 119 Å². The van der Waals surface area contributed by atoms with Crippen molar-refractivity contribution in [3.63, 3.8) is 0 Å². The van der Waals surface area contributed by atoms with Crippen LogP contribution in [-0.4, -0.2) is 32.8 Å². The molecule has 2 aromatic heterocycles. The van der Waals surface area contributed by atoms with Gasteiger partial charge in [-0.05, 0) is 39.2 Å². The molecule has 0 N–H and O–H groups in total. The molecule has 0 unspecified atom stereocenters. The molecule has 0 aliphatic heterocycles. The number of aryl methyl sites for hydroxylation is 1. The summed E-state index contributed by atoms with van der Waals surface area (Å²) in [5, 5.41) is 11.2. The fraction of sp³-hybridized carbons (Fsp3) is 0.556. The van der Waals surface area contributed by atoms with Crippen LogP contribution in [0.5, 0.6) is 0 Å². The molecule has 2 heterocycles. The molecule has 19 heavy (non-hydrogen) atoms. The highest BCUT2D eigenvalue weighted by Gasteiger charge is 2.31. The Morgan fingerprint density at radius 1 is 1.21 bits per heavy atom. The van der Waals surface area contributed by atoms with Gasteiger partial charge in [-0.3, -0.25) is 4.57 Å². The van der Waals surface area contributed by atoms with E-state index >= 15 is 0 Å². The van der Waals surface area contributed by atoms with Crippen LogP contribution in [0, 0.1) is 6.92 Å². The molecule has 0 aliphatic carbocycles. The van der Waals surface area contributed by atoms with E-state index < -0.39 is 14.6 Å². The van der Waals surface area contributed by atoms with Crippen LogP contribution in [0.2, 0.25) is 0 Å². The topological polar surface area (TPSA) is 90.6 Å². The fourth-order valence-electron chi connectivity index (χ4n) is 1.62. The molecule has 0 spiro atoms. The Balaban J connectivity index is 2.79. The molecule has 0 amide bonds. The normalized spacial score (nSPS) is 12.9. The average Bonchev–Trinajstić information content (AvgIpc) is 2.79. The lowest BCUT2D eigenvalue weighted by Gasteiger charge is -2.23. The van der Waals surface area contributed by atoms with E-state index in [-0.39, 0.29) is 5.16 Å². The van der Waals surface area contributed by atoms with Crippen molar-refractivity contribution in [3.05, 3.63) is 5.69 Å². The van der Waals surface area contributed by atoms with E-state index in [1.807, 2.05) is 20.8 Å². The molecule has 104 valence electrons. The Morgan fingerprint density at radius 2 is 1.84 bits per heavy atom. The summed E-state index contributed by atoms with van der Waals surface area (Å²) in [7, 11) is 1.43. The lowest BCUT2D eigenvalue weighted by molar-refractivity contribution is 0.367. The van der Waals surface area contributed by atoms with Crippen molar-refractivity contribution >= 4 is 31.3 Å². The third-order valence-electron chi connectivity index (χ3n) is 2.38. The molecule has 7 nitrogen and oxygen atoms in total. The van der Waals surface area contributed by atoms with E-state index in [9.17, 15) is 8.42 Å². The van der Waals surface area contributed by atoms with Gasteiger partial charge in [-0.15, -0.1) is 15.3 Å². The van der Waals surface area contributed by atoms with Crippen LogP contribution in [0.3, 0.4) is 0 Å². The van der Waals surface area contributed by atoms with E-state index in [0.29, 0.717) is 16.4 Å². The standard InChI is InChI=1S/C9H12ClN5O2S2/c1-5-6(18-14-11-5)7-12-13-8(19(10,16)17)15(7)9(2,3)4/h1-4H3. The summed E-state index contributed by atoms with van der Waals surface area (Å²) < 4.78 is 28.5. The van der Waals surface area contributed by atoms with Crippen molar-refractivity contribution < 1.29 is 8.42 Å². The third kappa shape index (κ3) is 2.63. The first-order valence-electron chi connectivity index (χ1n) is 5.32. The van der Waals surface area contributed by atoms with E-state index in [1.165, 1.54) is 4.57 Å². The van der Waals surface area contributed by atoms with Crippen molar-refractivity contribution in [1.82, 2.24) is 24.4 Å². The van der Waals surface area contributed by atoms with Crippen LogP contribution in [0.4, 0.5) is 0 Å². The summed E-state index contributed by atoms with van der Waals surface area (Å²) in [6.07, 6.45) is 0. The largest absolute Gasteiger partial charge is 0.296 e. The number of hydrogen-bond acceptors (Lipinski definition) is 7. The molecular formula is C9H12ClN5O2S2. The lowest BCUT2D eigenvalue weighted by Crippen LogP contribution is -2.25. The molecule has 0 saturated heterocycles. The van der Waals surface area contributed by atoms with Gasteiger partial charge in [0.15, 0.2) is 5.82 Å². The maximum atomic E-state index is 11.6. The summed E-state index contributed by atoms with van der Waals surface area (Å²) in [5.74, 6) is 0.402. The van der Waals surface area contributed by atoms with Crippen molar-refractivity contribution in [2.45, 2.75) is 38.4 Å². The molecular weight excluding hydrogens is 310 g/mol. The number of nitrogens with zero attached hydrogens (tertiary/aromatic N) is 5. The molecule has 0 saturated carbocycles. The second-order valence-electron chi connectivity index (χ2n) is 4.94. The first-order valence-corrected chi connectivity index (χ1v) is 8.40. The minimum Gasteiger partial charge on any atom is -0.291 e. The number of aromatic nitrogens is 5. The maximum Gasteiger partial charge on any atom is 0.296 e. The molecule has 0 aromatic carbocycles. The highest BCUT2D eigenvalue weighted by molar-refractivity contribution is 8.13. The van der Waals surface area contributed by atoms with Gasteiger partial charge in [0.1, 0.15) is 4.88 Å². The van der Waals surface area contributed by atoms with Gasteiger partial charge in [-0.25, -0.2) is 8.42 Å². The molecule has 0 atom stereocenters. The monoisotopic (exact) mass is 321 g/mol. The summed E-state index contributed by atoms with van der Waals surface area (Å²) in [4.78, 5) is 0.675. The van der Waals surface area contributed by atoms with E-state index in [4.69, 9.17) is 10.7 Å². The van der Waals surface area contributed by atoms with Crippen LogP contribution in [0.15, 0.2) is 5.16 Å². The van der Waals surface area contributed by atoms with Gasteiger partial charge in [-0.1, -0.05) is 4.49 Å². The summed E-state index contributed by atoms with van der Waals surface area (Å²) in [6.45, 7) is 7.30. The second-order valence-corrected chi connectivity index (χ2v) is 8.15. The first kappa shape index (κ1) is 14.4. The van der Waals surface area contributed by atoms with Crippen molar-refractivity contribution in [1.29, 1.82) is 0 Å². The number of hydrogen-bond donors (Lipinski definition) is 0. The zero-order valence-corrected chi connectivity index (χ0v) is 13.1. The van der Waals surface area contributed by atoms with Gasteiger partial charge in [-0.2, -0.15) is 0 Å². The summed E-state index contributed by atoms with van der Waals surface area (Å²) in [5.41, 5.74) is 0.119. The first-order chi connectivity index (χ1) is 8.62. The van der Waals surface area contributed by atoms with Gasteiger partial charge in [0.25, 0.3) is 14.2 Å². The molecule has 0 radical (unpaired) electrons. The Morgan fingerprint density at radius 3 is 2.26 bits per heavy atom. The summed E-state index contributed by atoms with van der Waals surface area (Å²) >= 11 is 1.13. The Hall–Kier alpha value is -1.06. The van der Waals surface area contributed by atoms with E-state index in [0.717, 1.165) is 11.5 Å². The van der Waals surface area contributed by atoms with Gasteiger partial charge in [0.2, 0.25) is 0 Å². The predicted molar refractivity (Wildman–Crippen MR) is 71.7 cm³/mol. The SMILES string of the molecule is Cc1nnsc1-c1nnc(S(=O)(=O)Cl)n1C(C)(C)C. The molecule has 0 bridgehead atoms. The smallest absolute Gasteiger partial charge is 0.291 e. The van der Waals surface area contributed by atoms with E-state index in [1.54, 1.807) is 6.92 Å². The minimum absolute atomic E-state index is 0.274. The Bertz CT molecular complexity index is 713. The molecule has 2 rings (SSSR count). The second kappa shape index (κ2) is 4.50. The van der Waals surface area contributed by atoms with Crippen LogP contribution in [0.1, 0.15) is 26.5 Å². The van der Waals surface area contributed by atoms with Gasteiger partial charge in [0, 0.05) is 16.2 Å². The average molecular weight is 322 g/mol. The quantitative estimate of drug-likeness (QED) is 0.783. The molecule has 10 heteroatoms. The molecule has 0 aliphatic rings.